The van der Waals surface area contributed by atoms with Crippen LogP contribution in [0.5, 0.6) is 0 Å². The lowest BCUT2D eigenvalue weighted by atomic mass is 10.0. The van der Waals surface area contributed by atoms with E-state index in [-0.39, 0.29) is 11.9 Å². The average molecular weight is 349 g/mol. The molecule has 0 atom stereocenters. The summed E-state index contributed by atoms with van der Waals surface area (Å²) in [5, 5.41) is 7.16. The first-order valence-corrected chi connectivity index (χ1v) is 8.57. The predicted molar refractivity (Wildman–Crippen MR) is 96.1 cm³/mol. The highest BCUT2D eigenvalue weighted by atomic mass is 16.1. The molecule has 8 nitrogen and oxygen atoms in total. The van der Waals surface area contributed by atoms with Crippen molar-refractivity contribution in [2.24, 2.45) is 0 Å². The molecule has 3 aromatic heterocycles. The number of aromatic nitrogens is 5. The van der Waals surface area contributed by atoms with E-state index >= 15 is 0 Å². The van der Waals surface area contributed by atoms with Crippen LogP contribution < -0.4 is 10.2 Å². The summed E-state index contributed by atoms with van der Waals surface area (Å²) in [5.41, 5.74) is 0.567. The number of nitrogens with zero attached hydrogens (tertiary/aromatic N) is 6. The van der Waals surface area contributed by atoms with Gasteiger partial charge in [-0.25, -0.2) is 19.6 Å². The van der Waals surface area contributed by atoms with E-state index in [2.05, 4.69) is 30.3 Å². The summed E-state index contributed by atoms with van der Waals surface area (Å²) in [4.78, 5) is 27.3. The van der Waals surface area contributed by atoms with Gasteiger partial charge in [-0.3, -0.25) is 4.79 Å². The molecule has 1 amide bonds. The van der Waals surface area contributed by atoms with Crippen molar-refractivity contribution >= 4 is 11.7 Å². The van der Waals surface area contributed by atoms with Gasteiger partial charge >= 0.3 is 0 Å². The molecule has 0 unspecified atom stereocenters. The zero-order valence-corrected chi connectivity index (χ0v) is 14.2. The predicted octanol–water partition coefficient (Wildman–Crippen LogP) is 1.46. The van der Waals surface area contributed by atoms with Crippen molar-refractivity contribution in [2.75, 3.05) is 18.0 Å². The van der Waals surface area contributed by atoms with E-state index in [9.17, 15) is 4.79 Å². The second kappa shape index (κ2) is 7.30. The molecule has 1 aliphatic heterocycles. The van der Waals surface area contributed by atoms with Gasteiger partial charge in [-0.2, -0.15) is 5.10 Å². The summed E-state index contributed by atoms with van der Waals surface area (Å²) in [6, 6.07) is 9.50. The molecule has 4 heterocycles. The maximum absolute atomic E-state index is 12.6. The molecule has 26 heavy (non-hydrogen) atoms. The largest absolute Gasteiger partial charge is 0.356 e. The fourth-order valence-corrected chi connectivity index (χ4v) is 3.07. The second-order valence-electron chi connectivity index (χ2n) is 6.17. The quantitative estimate of drug-likeness (QED) is 0.767. The van der Waals surface area contributed by atoms with Crippen LogP contribution in [0.1, 0.15) is 23.2 Å². The van der Waals surface area contributed by atoms with Crippen LogP contribution in [0.3, 0.4) is 0 Å². The Bertz CT molecular complexity index is 858. The molecule has 0 radical (unpaired) electrons. The maximum Gasteiger partial charge on any atom is 0.251 e. The Morgan fingerprint density at radius 1 is 1.08 bits per heavy atom. The van der Waals surface area contributed by atoms with Gasteiger partial charge in [0.2, 0.25) is 0 Å². The minimum atomic E-state index is -0.0925. The molecule has 1 fully saturated rings. The van der Waals surface area contributed by atoms with E-state index in [0.29, 0.717) is 11.4 Å². The number of carbonyl (C=O) groups excluding carboxylic acids is 1. The molecule has 0 aromatic carbocycles. The number of carbonyl (C=O) groups is 1. The monoisotopic (exact) mass is 349 g/mol. The Hall–Kier alpha value is -3.29. The number of rotatable bonds is 4. The van der Waals surface area contributed by atoms with Crippen LogP contribution in [-0.2, 0) is 0 Å². The van der Waals surface area contributed by atoms with E-state index in [4.69, 9.17) is 0 Å². The van der Waals surface area contributed by atoms with Crippen LogP contribution in [0.25, 0.3) is 5.82 Å². The lowest BCUT2D eigenvalue weighted by molar-refractivity contribution is 0.0931. The number of nitrogens with one attached hydrogen (secondary N) is 1. The van der Waals surface area contributed by atoms with Gasteiger partial charge in [-0.05, 0) is 37.1 Å². The summed E-state index contributed by atoms with van der Waals surface area (Å²) in [6.07, 6.45) is 8.18. The molecule has 1 aliphatic rings. The van der Waals surface area contributed by atoms with E-state index < -0.39 is 0 Å². The van der Waals surface area contributed by atoms with Gasteiger partial charge in [0.25, 0.3) is 5.91 Å². The highest BCUT2D eigenvalue weighted by Gasteiger charge is 2.22. The molecule has 0 aliphatic carbocycles. The SMILES string of the molecule is O=C(NC1CCN(c2ccccn2)CC1)c1ccnc(-n2cncn2)c1. The molecule has 0 spiro atoms. The highest BCUT2D eigenvalue weighted by molar-refractivity contribution is 5.94. The number of amides is 1. The van der Waals surface area contributed by atoms with E-state index in [1.165, 1.54) is 11.0 Å². The first-order chi connectivity index (χ1) is 12.8. The van der Waals surface area contributed by atoms with Crippen LogP contribution in [0, 0.1) is 0 Å². The molecular weight excluding hydrogens is 330 g/mol. The van der Waals surface area contributed by atoms with Gasteiger partial charge in [0.15, 0.2) is 5.82 Å². The molecule has 132 valence electrons. The van der Waals surface area contributed by atoms with Crippen LogP contribution in [0.2, 0.25) is 0 Å². The van der Waals surface area contributed by atoms with Crippen LogP contribution in [0.4, 0.5) is 5.82 Å². The minimum absolute atomic E-state index is 0.0925. The normalized spacial score (nSPS) is 15.0. The third kappa shape index (κ3) is 3.53. The zero-order chi connectivity index (χ0) is 17.8. The fraction of sp³-hybridized carbons (Fsp3) is 0.278. The van der Waals surface area contributed by atoms with Gasteiger partial charge in [-0.15, -0.1) is 0 Å². The molecule has 0 bridgehead atoms. The minimum Gasteiger partial charge on any atom is -0.356 e. The molecule has 8 heteroatoms. The molecule has 4 rings (SSSR count). The van der Waals surface area contributed by atoms with Crippen LogP contribution in [-0.4, -0.2) is 49.8 Å². The second-order valence-corrected chi connectivity index (χ2v) is 6.17. The van der Waals surface area contributed by atoms with Gasteiger partial charge in [0.1, 0.15) is 18.5 Å². The van der Waals surface area contributed by atoms with Crippen molar-refractivity contribution in [1.29, 1.82) is 0 Å². The Morgan fingerprint density at radius 2 is 1.92 bits per heavy atom. The van der Waals surface area contributed by atoms with Crippen molar-refractivity contribution in [1.82, 2.24) is 30.0 Å². The Kier molecular flexibility index (Phi) is 4.55. The number of pyridine rings is 2. The molecule has 1 N–H and O–H groups in total. The van der Waals surface area contributed by atoms with Gasteiger partial charge in [-0.1, -0.05) is 6.07 Å². The Labute approximate surface area is 150 Å². The number of piperidine rings is 1. The van der Waals surface area contributed by atoms with E-state index in [1.807, 2.05) is 18.2 Å². The van der Waals surface area contributed by atoms with E-state index in [0.717, 1.165) is 31.7 Å². The standard InChI is InChI=1S/C18H19N7O/c26-18(14-4-8-21-17(11-14)25-13-19-12-22-25)23-15-5-9-24(10-6-15)16-3-1-2-7-20-16/h1-4,7-8,11-13,15H,5-6,9-10H2,(H,23,26). The zero-order valence-electron chi connectivity index (χ0n) is 14.2. The molecule has 0 saturated carbocycles. The summed E-state index contributed by atoms with van der Waals surface area (Å²) in [5.74, 6) is 1.47. The molecule has 1 saturated heterocycles. The first-order valence-electron chi connectivity index (χ1n) is 8.57. The summed E-state index contributed by atoms with van der Waals surface area (Å²) >= 11 is 0. The van der Waals surface area contributed by atoms with Gasteiger partial charge in [0.05, 0.1) is 0 Å². The van der Waals surface area contributed by atoms with Crippen LogP contribution in [0.15, 0.2) is 55.4 Å². The number of anilines is 1. The van der Waals surface area contributed by atoms with Crippen molar-refractivity contribution in [3.05, 3.63) is 60.9 Å². The molecule has 3 aromatic rings. The van der Waals surface area contributed by atoms with Crippen LogP contribution >= 0.6 is 0 Å². The lowest BCUT2D eigenvalue weighted by Crippen LogP contribution is -2.45. The topological polar surface area (TPSA) is 88.8 Å². The summed E-state index contributed by atoms with van der Waals surface area (Å²) < 4.78 is 1.53. The number of hydrogen-bond acceptors (Lipinski definition) is 6. The summed E-state index contributed by atoms with van der Waals surface area (Å²) in [6.45, 7) is 1.75. The van der Waals surface area contributed by atoms with Crippen molar-refractivity contribution in [3.63, 3.8) is 0 Å². The summed E-state index contributed by atoms with van der Waals surface area (Å²) in [7, 11) is 0. The van der Waals surface area contributed by atoms with Crippen molar-refractivity contribution < 1.29 is 4.79 Å². The first kappa shape index (κ1) is 16.2. The third-order valence-corrected chi connectivity index (χ3v) is 4.46. The third-order valence-electron chi connectivity index (χ3n) is 4.46. The number of hydrogen-bond donors (Lipinski definition) is 1. The Balaban J connectivity index is 1.37. The maximum atomic E-state index is 12.6. The lowest BCUT2D eigenvalue weighted by Gasteiger charge is -2.33. The van der Waals surface area contributed by atoms with Crippen molar-refractivity contribution in [3.8, 4) is 5.82 Å². The highest BCUT2D eigenvalue weighted by Crippen LogP contribution is 2.17. The van der Waals surface area contributed by atoms with Crippen molar-refractivity contribution in [2.45, 2.75) is 18.9 Å². The van der Waals surface area contributed by atoms with Gasteiger partial charge in [0, 0.05) is 37.1 Å². The fourth-order valence-electron chi connectivity index (χ4n) is 3.07. The molecular formula is C18H19N7O. The Morgan fingerprint density at radius 3 is 2.65 bits per heavy atom. The van der Waals surface area contributed by atoms with Gasteiger partial charge < -0.3 is 10.2 Å². The van der Waals surface area contributed by atoms with E-state index in [1.54, 1.807) is 30.9 Å². The smallest absolute Gasteiger partial charge is 0.251 e. The average Bonchev–Trinajstić information content (AvgIpc) is 3.24.